The van der Waals surface area contributed by atoms with E-state index in [1.54, 1.807) is 41.8 Å². The molecule has 9 heteroatoms. The smallest absolute Gasteiger partial charge is 0.318 e. The molecule has 3 aromatic rings. The van der Waals surface area contributed by atoms with E-state index >= 15 is 0 Å². The molecular weight excluding hydrogens is 436 g/mol. The van der Waals surface area contributed by atoms with Crippen LogP contribution in [0.25, 0.3) is 11.8 Å². The van der Waals surface area contributed by atoms with Gasteiger partial charge in [-0.2, -0.15) is 0 Å². The van der Waals surface area contributed by atoms with E-state index in [1.165, 1.54) is 18.2 Å². The highest BCUT2D eigenvalue weighted by molar-refractivity contribution is 6.39. The first-order chi connectivity index (χ1) is 16.1. The fraction of sp³-hybridized carbons (Fsp3) is 0.160. The van der Waals surface area contributed by atoms with Gasteiger partial charge in [0.15, 0.2) is 0 Å². The van der Waals surface area contributed by atoms with Crippen molar-refractivity contribution in [3.63, 3.8) is 0 Å². The summed E-state index contributed by atoms with van der Waals surface area (Å²) in [7, 11) is 0. The van der Waals surface area contributed by atoms with Gasteiger partial charge in [0.2, 0.25) is 0 Å². The lowest BCUT2D eigenvalue weighted by Crippen LogP contribution is -2.54. The minimum atomic E-state index is -0.806. The summed E-state index contributed by atoms with van der Waals surface area (Å²) in [6.07, 6.45) is 1.44. The van der Waals surface area contributed by atoms with E-state index in [4.69, 9.17) is 0 Å². The summed E-state index contributed by atoms with van der Waals surface area (Å²) in [6, 6.07) is 12.5. The summed E-state index contributed by atoms with van der Waals surface area (Å²) in [5.74, 6) is -1.50. The van der Waals surface area contributed by atoms with Gasteiger partial charge in [-0.15, -0.1) is 0 Å². The van der Waals surface area contributed by atoms with Gasteiger partial charge < -0.3 is 4.57 Å². The number of nitro groups is 1. The second-order valence-corrected chi connectivity index (χ2v) is 8.24. The second-order valence-electron chi connectivity index (χ2n) is 8.24. The number of rotatable bonds is 4. The fourth-order valence-corrected chi connectivity index (χ4v) is 4.20. The van der Waals surface area contributed by atoms with Gasteiger partial charge in [0.05, 0.1) is 16.3 Å². The number of nitro benzene ring substituents is 1. The maximum Gasteiger partial charge on any atom is 0.335 e. The molecule has 1 aliphatic heterocycles. The Balaban J connectivity index is 1.78. The molecule has 0 bridgehead atoms. The van der Waals surface area contributed by atoms with E-state index in [-0.39, 0.29) is 11.3 Å². The average molecular weight is 458 g/mol. The van der Waals surface area contributed by atoms with Gasteiger partial charge in [-0.05, 0) is 74.7 Å². The molecule has 2 heterocycles. The molecule has 2 aromatic carbocycles. The van der Waals surface area contributed by atoms with Gasteiger partial charge in [0, 0.05) is 23.5 Å². The molecule has 0 aliphatic carbocycles. The lowest BCUT2D eigenvalue weighted by molar-refractivity contribution is -0.384. The van der Waals surface area contributed by atoms with Crippen LogP contribution in [0.3, 0.4) is 0 Å². The third-order valence-corrected chi connectivity index (χ3v) is 5.64. The lowest BCUT2D eigenvalue weighted by atomic mass is 10.1. The maximum absolute atomic E-state index is 13.3. The number of benzene rings is 2. The predicted octanol–water partition coefficient (Wildman–Crippen LogP) is 4.29. The number of carbonyl (C=O) groups is 3. The Kier molecular flexibility index (Phi) is 5.62. The zero-order valence-corrected chi connectivity index (χ0v) is 19.1. The molecule has 1 saturated heterocycles. The quantitative estimate of drug-likeness (QED) is 0.271. The molecule has 9 nitrogen and oxygen atoms in total. The van der Waals surface area contributed by atoms with Gasteiger partial charge in [0.1, 0.15) is 5.57 Å². The Morgan fingerprint density at radius 2 is 1.59 bits per heavy atom. The van der Waals surface area contributed by atoms with Crippen LogP contribution >= 0.6 is 0 Å². The maximum atomic E-state index is 13.3. The van der Waals surface area contributed by atoms with Crippen molar-refractivity contribution in [3.8, 4) is 5.69 Å². The molecule has 0 unspecified atom stereocenters. The SMILES string of the molecule is Cc1cc(C)cc(N2C(=O)NC(=O)C(=Cc3cc(C)n(-c4cccc([N+](=O)[O-])c4)c3C)C2=O)c1. The Morgan fingerprint density at radius 1 is 0.912 bits per heavy atom. The molecule has 1 N–H and O–H groups in total. The van der Waals surface area contributed by atoms with Crippen LogP contribution in [0.2, 0.25) is 0 Å². The first kappa shape index (κ1) is 22.7. The molecule has 0 saturated carbocycles. The third-order valence-electron chi connectivity index (χ3n) is 5.64. The second kappa shape index (κ2) is 8.43. The Bertz CT molecular complexity index is 1400. The summed E-state index contributed by atoms with van der Waals surface area (Å²) >= 11 is 0. The van der Waals surface area contributed by atoms with Crippen molar-refractivity contribution in [2.75, 3.05) is 4.90 Å². The van der Waals surface area contributed by atoms with E-state index in [9.17, 15) is 24.5 Å². The number of barbiturate groups is 1. The minimum absolute atomic E-state index is 0.0469. The van der Waals surface area contributed by atoms with E-state index in [2.05, 4.69) is 5.32 Å². The fourth-order valence-electron chi connectivity index (χ4n) is 4.20. The lowest BCUT2D eigenvalue weighted by Gasteiger charge is -2.27. The topological polar surface area (TPSA) is 115 Å². The summed E-state index contributed by atoms with van der Waals surface area (Å²) in [4.78, 5) is 50.0. The van der Waals surface area contributed by atoms with Crippen molar-refractivity contribution >= 4 is 35.3 Å². The van der Waals surface area contributed by atoms with Gasteiger partial charge in [-0.25, -0.2) is 9.69 Å². The van der Waals surface area contributed by atoms with E-state index in [0.29, 0.717) is 22.6 Å². The highest BCUT2D eigenvalue weighted by Crippen LogP contribution is 2.28. The highest BCUT2D eigenvalue weighted by atomic mass is 16.6. The summed E-state index contributed by atoms with van der Waals surface area (Å²) < 4.78 is 1.80. The van der Waals surface area contributed by atoms with Gasteiger partial charge in [0.25, 0.3) is 17.5 Å². The zero-order valence-electron chi connectivity index (χ0n) is 19.1. The van der Waals surface area contributed by atoms with E-state index in [0.717, 1.165) is 21.7 Å². The van der Waals surface area contributed by atoms with Crippen molar-refractivity contribution in [2.45, 2.75) is 27.7 Å². The number of non-ortho nitro benzene ring substituents is 1. The first-order valence-corrected chi connectivity index (χ1v) is 10.5. The van der Waals surface area contributed by atoms with Crippen LogP contribution in [0.15, 0.2) is 54.1 Å². The molecule has 0 atom stereocenters. The number of anilines is 1. The van der Waals surface area contributed by atoms with E-state index in [1.807, 2.05) is 26.8 Å². The minimum Gasteiger partial charge on any atom is -0.318 e. The van der Waals surface area contributed by atoms with Crippen molar-refractivity contribution in [1.29, 1.82) is 0 Å². The molecule has 0 spiro atoms. The number of hydrogen-bond donors (Lipinski definition) is 1. The molecule has 4 rings (SSSR count). The monoisotopic (exact) mass is 458 g/mol. The molecule has 1 fully saturated rings. The normalized spacial score (nSPS) is 15.1. The largest absolute Gasteiger partial charge is 0.335 e. The van der Waals surface area contributed by atoms with Crippen LogP contribution in [0, 0.1) is 37.8 Å². The Hall–Kier alpha value is -4.53. The first-order valence-electron chi connectivity index (χ1n) is 10.5. The number of amides is 4. The standard InChI is InChI=1S/C25H22N4O5/c1-14-8-15(2)10-21(9-14)28-24(31)22(23(30)26-25(28)32)12-18-11-16(3)27(17(18)4)19-6-5-7-20(13-19)29(33)34/h5-13H,1-4H3,(H,26,30,32). The van der Waals surface area contributed by atoms with Crippen LogP contribution < -0.4 is 10.2 Å². The number of urea groups is 1. The molecular formula is C25H22N4O5. The molecule has 1 aliphatic rings. The highest BCUT2D eigenvalue weighted by Gasteiger charge is 2.37. The Labute approximate surface area is 195 Å². The van der Waals surface area contributed by atoms with Gasteiger partial charge in [-0.3, -0.25) is 25.0 Å². The number of aromatic nitrogens is 1. The Morgan fingerprint density at radius 3 is 2.24 bits per heavy atom. The number of carbonyl (C=O) groups excluding carboxylic acids is 3. The number of imide groups is 2. The third kappa shape index (κ3) is 3.99. The predicted molar refractivity (Wildman–Crippen MR) is 127 cm³/mol. The molecule has 4 amide bonds. The van der Waals surface area contributed by atoms with Crippen molar-refractivity contribution in [2.24, 2.45) is 0 Å². The summed E-state index contributed by atoms with van der Waals surface area (Å²) in [5, 5.41) is 13.4. The summed E-state index contributed by atoms with van der Waals surface area (Å²) in [5.41, 5.74) is 4.50. The molecule has 34 heavy (non-hydrogen) atoms. The number of aryl methyl sites for hydroxylation is 3. The van der Waals surface area contributed by atoms with Crippen molar-refractivity contribution in [3.05, 3.63) is 92.3 Å². The van der Waals surface area contributed by atoms with Crippen molar-refractivity contribution in [1.82, 2.24) is 9.88 Å². The summed E-state index contributed by atoms with van der Waals surface area (Å²) in [6.45, 7) is 7.32. The molecule has 1 aromatic heterocycles. The number of nitrogens with one attached hydrogen (secondary N) is 1. The van der Waals surface area contributed by atoms with E-state index < -0.39 is 22.8 Å². The molecule has 0 radical (unpaired) electrons. The van der Waals surface area contributed by atoms with Crippen LogP contribution in [0.4, 0.5) is 16.2 Å². The van der Waals surface area contributed by atoms with Crippen molar-refractivity contribution < 1.29 is 19.3 Å². The van der Waals surface area contributed by atoms with Gasteiger partial charge in [-0.1, -0.05) is 12.1 Å². The van der Waals surface area contributed by atoms with Crippen LogP contribution in [-0.2, 0) is 9.59 Å². The number of hydrogen-bond acceptors (Lipinski definition) is 5. The zero-order chi connectivity index (χ0) is 24.7. The number of nitrogens with zero attached hydrogens (tertiary/aromatic N) is 3. The van der Waals surface area contributed by atoms with Gasteiger partial charge >= 0.3 is 6.03 Å². The van der Waals surface area contributed by atoms with Crippen LogP contribution in [0.5, 0.6) is 0 Å². The molecule has 172 valence electrons. The van der Waals surface area contributed by atoms with Crippen LogP contribution in [-0.4, -0.2) is 27.3 Å². The average Bonchev–Trinajstić information content (AvgIpc) is 3.03. The van der Waals surface area contributed by atoms with Crippen LogP contribution in [0.1, 0.15) is 28.1 Å².